The Morgan fingerprint density at radius 3 is 2.59 bits per heavy atom. The van der Waals surface area contributed by atoms with Crippen molar-refractivity contribution in [1.29, 1.82) is 0 Å². The van der Waals surface area contributed by atoms with Gasteiger partial charge in [0.2, 0.25) is 0 Å². The largest absolute Gasteiger partial charge is 0.465 e. The molecule has 0 amide bonds. The summed E-state index contributed by atoms with van der Waals surface area (Å²) in [4.78, 5) is 11.6. The number of nitrogens with one attached hydrogen (secondary N) is 1. The number of esters is 1. The Labute approximate surface area is 103 Å². The molecule has 0 aliphatic heterocycles. The maximum atomic E-state index is 11.6. The summed E-state index contributed by atoms with van der Waals surface area (Å²) in [6, 6.07) is 0. The van der Waals surface area contributed by atoms with Gasteiger partial charge in [0, 0.05) is 13.2 Å². The molecule has 0 saturated heterocycles. The molecule has 0 spiro atoms. The summed E-state index contributed by atoms with van der Waals surface area (Å²) < 4.78 is 4.77. The zero-order chi connectivity index (χ0) is 12.7. The molecule has 17 heavy (non-hydrogen) atoms. The Morgan fingerprint density at radius 2 is 2.18 bits per heavy atom. The molecular weight excluding hydrogens is 214 g/mol. The zero-order valence-electron chi connectivity index (χ0n) is 10.5. The summed E-state index contributed by atoms with van der Waals surface area (Å²) in [6.45, 7) is 3.71. The van der Waals surface area contributed by atoms with Crippen LogP contribution in [0.1, 0.15) is 19.3 Å². The van der Waals surface area contributed by atoms with Crippen molar-refractivity contribution in [2.75, 3.05) is 14.2 Å². The molecule has 1 aliphatic carbocycles. The fourth-order valence-corrected chi connectivity index (χ4v) is 1.53. The van der Waals surface area contributed by atoms with Crippen LogP contribution in [0.15, 0.2) is 47.7 Å². The molecule has 1 N–H and O–H groups in total. The van der Waals surface area contributed by atoms with E-state index in [0.29, 0.717) is 5.57 Å². The minimum Gasteiger partial charge on any atom is -0.465 e. The lowest BCUT2D eigenvalue weighted by atomic mass is 9.90. The van der Waals surface area contributed by atoms with Crippen LogP contribution in [-0.2, 0) is 9.53 Å². The molecule has 0 aromatic rings. The van der Waals surface area contributed by atoms with Crippen molar-refractivity contribution in [3.05, 3.63) is 47.7 Å². The number of carbonyl (C=O) groups excluding carboxylic acids is 1. The van der Waals surface area contributed by atoms with Gasteiger partial charge in [0.1, 0.15) is 0 Å². The molecule has 0 aromatic carbocycles. The normalized spacial score (nSPS) is 16.0. The highest BCUT2D eigenvalue weighted by Gasteiger charge is 2.13. The molecule has 1 saturated carbocycles. The van der Waals surface area contributed by atoms with Crippen molar-refractivity contribution in [3.8, 4) is 0 Å². The highest BCUT2D eigenvalue weighted by molar-refractivity contribution is 5.92. The lowest BCUT2D eigenvalue weighted by molar-refractivity contribution is -0.135. The molecule has 92 valence electrons. The maximum Gasteiger partial charge on any atom is 0.337 e. The third-order valence-corrected chi connectivity index (χ3v) is 2.65. The van der Waals surface area contributed by atoms with E-state index < -0.39 is 0 Å². The first-order chi connectivity index (χ1) is 8.21. The van der Waals surface area contributed by atoms with Crippen molar-refractivity contribution in [2.45, 2.75) is 19.3 Å². The van der Waals surface area contributed by atoms with Gasteiger partial charge < -0.3 is 10.1 Å². The quantitative estimate of drug-likeness (QED) is 0.450. The Morgan fingerprint density at radius 1 is 1.47 bits per heavy atom. The van der Waals surface area contributed by atoms with Crippen molar-refractivity contribution >= 4 is 5.97 Å². The third kappa shape index (κ3) is 3.94. The fraction of sp³-hybridized carbons (Fsp3) is 0.357. The number of methoxy groups -OCH3 is 1. The molecular formula is C14H19NO2. The second-order valence-electron chi connectivity index (χ2n) is 3.88. The van der Waals surface area contributed by atoms with Crippen molar-refractivity contribution in [3.63, 3.8) is 0 Å². The van der Waals surface area contributed by atoms with Crippen LogP contribution in [0.4, 0.5) is 0 Å². The summed E-state index contributed by atoms with van der Waals surface area (Å²) in [5, 5.41) is 2.91. The number of hydrogen-bond acceptors (Lipinski definition) is 3. The summed E-state index contributed by atoms with van der Waals surface area (Å²) in [5.41, 5.74) is 2.72. The number of ether oxygens (including phenoxy) is 1. The number of allylic oxidation sites excluding steroid dienone is 4. The molecule has 3 nitrogen and oxygen atoms in total. The average Bonchev–Trinajstić information content (AvgIpc) is 2.29. The van der Waals surface area contributed by atoms with Gasteiger partial charge in [-0.2, -0.15) is 0 Å². The molecule has 1 fully saturated rings. The molecule has 1 rings (SSSR count). The SMILES string of the molecule is C=CC(=C/NC)/C=C(\C=C1CCC1)C(=O)OC. The van der Waals surface area contributed by atoms with E-state index in [1.807, 2.05) is 6.08 Å². The molecule has 0 heterocycles. The van der Waals surface area contributed by atoms with Crippen molar-refractivity contribution in [2.24, 2.45) is 0 Å². The zero-order valence-corrected chi connectivity index (χ0v) is 10.5. The van der Waals surface area contributed by atoms with Gasteiger partial charge in [-0.15, -0.1) is 0 Å². The van der Waals surface area contributed by atoms with E-state index in [1.165, 1.54) is 19.1 Å². The van der Waals surface area contributed by atoms with E-state index in [1.54, 1.807) is 25.4 Å². The predicted octanol–water partition coefficient (Wildman–Crippen LogP) is 2.49. The summed E-state index contributed by atoms with van der Waals surface area (Å²) in [5.74, 6) is -0.312. The molecule has 0 radical (unpaired) electrons. The minimum absolute atomic E-state index is 0.312. The molecule has 0 aromatic heterocycles. The fourth-order valence-electron chi connectivity index (χ4n) is 1.53. The van der Waals surface area contributed by atoms with Gasteiger partial charge in [0.25, 0.3) is 0 Å². The second-order valence-corrected chi connectivity index (χ2v) is 3.88. The standard InChI is InChI=1S/C14H19NO2/c1-4-11(10-15-2)8-13(14(16)17-3)9-12-6-5-7-12/h4,8-10,15H,1,5-7H2,2-3H3/b11-10-,13-8+. The van der Waals surface area contributed by atoms with E-state index in [4.69, 9.17) is 4.74 Å². The first kappa shape index (κ1) is 13.3. The molecule has 1 aliphatic rings. The topological polar surface area (TPSA) is 38.3 Å². The molecule has 0 bridgehead atoms. The summed E-state index contributed by atoms with van der Waals surface area (Å²) >= 11 is 0. The third-order valence-electron chi connectivity index (χ3n) is 2.65. The maximum absolute atomic E-state index is 11.6. The van der Waals surface area contributed by atoms with Gasteiger partial charge in [-0.3, -0.25) is 0 Å². The van der Waals surface area contributed by atoms with Gasteiger partial charge in [-0.1, -0.05) is 18.2 Å². The summed E-state index contributed by atoms with van der Waals surface area (Å²) in [7, 11) is 3.20. The molecule has 0 atom stereocenters. The highest BCUT2D eigenvalue weighted by atomic mass is 16.5. The molecule has 3 heteroatoms. The Balaban J connectivity index is 2.95. The van der Waals surface area contributed by atoms with E-state index in [0.717, 1.165) is 18.4 Å². The number of hydrogen-bond donors (Lipinski definition) is 1. The van der Waals surface area contributed by atoms with Gasteiger partial charge in [0.05, 0.1) is 12.7 Å². The summed E-state index contributed by atoms with van der Waals surface area (Å²) in [6.07, 6.45) is 10.5. The smallest absolute Gasteiger partial charge is 0.337 e. The van der Waals surface area contributed by atoms with E-state index in [2.05, 4.69) is 11.9 Å². The average molecular weight is 233 g/mol. The number of rotatable bonds is 5. The van der Waals surface area contributed by atoms with E-state index in [-0.39, 0.29) is 5.97 Å². The van der Waals surface area contributed by atoms with Gasteiger partial charge >= 0.3 is 5.97 Å². The first-order valence-electron chi connectivity index (χ1n) is 5.70. The van der Waals surface area contributed by atoms with Gasteiger partial charge in [-0.05, 0) is 37.0 Å². The van der Waals surface area contributed by atoms with Crippen molar-refractivity contribution in [1.82, 2.24) is 5.32 Å². The van der Waals surface area contributed by atoms with Crippen LogP contribution in [-0.4, -0.2) is 20.1 Å². The molecule has 0 unspecified atom stereocenters. The monoisotopic (exact) mass is 233 g/mol. The predicted molar refractivity (Wildman–Crippen MR) is 69.4 cm³/mol. The van der Waals surface area contributed by atoms with Gasteiger partial charge in [-0.25, -0.2) is 4.79 Å². The van der Waals surface area contributed by atoms with E-state index >= 15 is 0 Å². The van der Waals surface area contributed by atoms with Crippen LogP contribution in [0.3, 0.4) is 0 Å². The van der Waals surface area contributed by atoms with Crippen LogP contribution in [0.2, 0.25) is 0 Å². The van der Waals surface area contributed by atoms with Gasteiger partial charge in [0.15, 0.2) is 0 Å². The lowest BCUT2D eigenvalue weighted by Crippen LogP contribution is -2.06. The van der Waals surface area contributed by atoms with Crippen LogP contribution >= 0.6 is 0 Å². The lowest BCUT2D eigenvalue weighted by Gasteiger charge is -2.16. The van der Waals surface area contributed by atoms with E-state index in [9.17, 15) is 4.79 Å². The van der Waals surface area contributed by atoms with Crippen LogP contribution in [0, 0.1) is 0 Å². The van der Waals surface area contributed by atoms with Crippen LogP contribution in [0.5, 0.6) is 0 Å². The van der Waals surface area contributed by atoms with Crippen molar-refractivity contribution < 1.29 is 9.53 Å². The second kappa shape index (κ2) is 6.74. The Bertz CT molecular complexity index is 383. The number of carbonyl (C=O) groups is 1. The van der Waals surface area contributed by atoms with Crippen LogP contribution < -0.4 is 5.32 Å². The highest BCUT2D eigenvalue weighted by Crippen LogP contribution is 2.27. The Kier molecular flexibility index (Phi) is 5.27. The van der Waals surface area contributed by atoms with Crippen LogP contribution in [0.25, 0.3) is 0 Å². The Hall–Kier alpha value is -1.77. The minimum atomic E-state index is -0.312. The first-order valence-corrected chi connectivity index (χ1v) is 5.70.